The van der Waals surface area contributed by atoms with E-state index in [-0.39, 0.29) is 16.4 Å². The van der Waals surface area contributed by atoms with Crippen LogP contribution in [0.4, 0.5) is 24.7 Å². The highest BCUT2D eigenvalue weighted by molar-refractivity contribution is 7.89. The molecule has 0 fully saturated rings. The van der Waals surface area contributed by atoms with Gasteiger partial charge in [0.1, 0.15) is 5.69 Å². The number of hydrogen-bond donors (Lipinski definition) is 2. The monoisotopic (exact) mass is 514 g/mol. The van der Waals surface area contributed by atoms with Crippen LogP contribution in [0.15, 0.2) is 71.6 Å². The molecule has 4 rings (SSSR count). The molecule has 0 atom stereocenters. The Hall–Kier alpha value is -3.50. The number of aryl methyl sites for hydroxylation is 1. The highest BCUT2D eigenvalue weighted by atomic mass is 32.2. The van der Waals surface area contributed by atoms with Crippen molar-refractivity contribution in [1.82, 2.24) is 14.9 Å². The molecule has 188 valence electrons. The van der Waals surface area contributed by atoms with Gasteiger partial charge in [-0.1, -0.05) is 42.5 Å². The molecular formula is C26H25F3N4O2S. The van der Waals surface area contributed by atoms with Gasteiger partial charge in [0.2, 0.25) is 10.0 Å². The lowest BCUT2D eigenvalue weighted by Crippen LogP contribution is -2.40. The zero-order chi connectivity index (χ0) is 26.3. The molecule has 36 heavy (non-hydrogen) atoms. The molecule has 10 heteroatoms. The van der Waals surface area contributed by atoms with Crippen molar-refractivity contribution in [2.24, 2.45) is 0 Å². The van der Waals surface area contributed by atoms with Gasteiger partial charge in [0.25, 0.3) is 0 Å². The molecule has 1 heterocycles. The second kappa shape index (κ2) is 9.18. The van der Waals surface area contributed by atoms with Gasteiger partial charge < -0.3 is 5.32 Å². The molecule has 0 saturated heterocycles. The maximum atomic E-state index is 13.1. The normalized spacial score (nSPS) is 12.6. The number of fused-ring (bicyclic) bond motifs is 1. The molecule has 0 aliphatic heterocycles. The van der Waals surface area contributed by atoms with Gasteiger partial charge in [-0.25, -0.2) is 13.1 Å². The molecule has 0 aliphatic rings. The average molecular weight is 515 g/mol. The van der Waals surface area contributed by atoms with E-state index in [0.29, 0.717) is 27.6 Å². The number of aromatic nitrogens is 2. The fourth-order valence-electron chi connectivity index (χ4n) is 3.81. The third kappa shape index (κ3) is 5.50. The molecule has 0 amide bonds. The van der Waals surface area contributed by atoms with Crippen molar-refractivity contribution in [1.29, 1.82) is 0 Å². The smallest absolute Gasteiger partial charge is 0.338 e. The van der Waals surface area contributed by atoms with Crippen LogP contribution in [0.25, 0.3) is 22.0 Å². The highest BCUT2D eigenvalue weighted by Crippen LogP contribution is 2.35. The summed E-state index contributed by atoms with van der Waals surface area (Å²) >= 11 is 0. The number of hydrogen-bond acceptors (Lipinski definition) is 5. The Balaban J connectivity index is 1.79. The maximum absolute atomic E-state index is 13.1. The van der Waals surface area contributed by atoms with Gasteiger partial charge in [0.15, 0.2) is 5.82 Å². The molecule has 0 spiro atoms. The lowest BCUT2D eigenvalue weighted by atomic mass is 10.0. The van der Waals surface area contributed by atoms with Crippen LogP contribution in [-0.2, 0) is 16.2 Å². The summed E-state index contributed by atoms with van der Waals surface area (Å²) in [6, 6.07) is 17.0. The number of benzene rings is 3. The average Bonchev–Trinajstić information content (AvgIpc) is 2.78. The topological polar surface area (TPSA) is 84.0 Å². The predicted octanol–water partition coefficient (Wildman–Crippen LogP) is 6.44. The van der Waals surface area contributed by atoms with Crippen molar-refractivity contribution in [2.75, 3.05) is 5.32 Å². The SMILES string of the molecule is Cc1ccc(-c2nnc(Nc3cccc(C(F)(F)F)c3)c3ccccc23)cc1S(=O)(=O)NC(C)(C)C. The Bertz CT molecular complexity index is 1550. The molecule has 3 aromatic carbocycles. The van der Waals surface area contributed by atoms with Gasteiger partial charge in [-0.3, -0.25) is 0 Å². The summed E-state index contributed by atoms with van der Waals surface area (Å²) in [4.78, 5) is 0.131. The molecule has 0 bridgehead atoms. The van der Waals surface area contributed by atoms with Gasteiger partial charge in [0.05, 0.1) is 10.5 Å². The summed E-state index contributed by atoms with van der Waals surface area (Å²) in [5.41, 5.74) is 0.352. The van der Waals surface area contributed by atoms with E-state index in [4.69, 9.17) is 0 Å². The number of sulfonamides is 1. The Labute approximate surface area is 207 Å². The Morgan fingerprint density at radius 2 is 1.53 bits per heavy atom. The van der Waals surface area contributed by atoms with Crippen LogP contribution in [0, 0.1) is 6.92 Å². The molecule has 0 aliphatic carbocycles. The number of anilines is 2. The number of rotatable bonds is 5. The molecule has 2 N–H and O–H groups in total. The van der Waals surface area contributed by atoms with Crippen LogP contribution in [-0.4, -0.2) is 24.2 Å². The largest absolute Gasteiger partial charge is 0.416 e. The van der Waals surface area contributed by atoms with Crippen LogP contribution < -0.4 is 10.0 Å². The standard InChI is InChI=1S/C26H25F3N4O2S/c1-16-12-13-17(14-22(16)36(34,35)33-25(2,3)4)23-20-10-5-6-11-21(20)24(32-31-23)30-19-9-7-8-18(15-19)26(27,28)29/h5-15,33H,1-4H3,(H,30,32). The van der Waals surface area contributed by atoms with Gasteiger partial charge in [-0.2, -0.15) is 13.2 Å². The molecule has 6 nitrogen and oxygen atoms in total. The number of alkyl halides is 3. The third-order valence-electron chi connectivity index (χ3n) is 5.33. The summed E-state index contributed by atoms with van der Waals surface area (Å²) in [5, 5.41) is 12.8. The van der Waals surface area contributed by atoms with Gasteiger partial charge in [-0.05, 0) is 57.5 Å². The summed E-state index contributed by atoms with van der Waals surface area (Å²) < 4.78 is 68.1. The van der Waals surface area contributed by atoms with Gasteiger partial charge in [-0.15, -0.1) is 10.2 Å². The van der Waals surface area contributed by atoms with Crippen LogP contribution in [0.2, 0.25) is 0 Å². The minimum absolute atomic E-state index is 0.131. The van der Waals surface area contributed by atoms with Gasteiger partial charge >= 0.3 is 6.18 Å². The minimum atomic E-state index is -4.47. The Kier molecular flexibility index (Phi) is 6.52. The van der Waals surface area contributed by atoms with E-state index in [1.54, 1.807) is 70.2 Å². The van der Waals surface area contributed by atoms with Crippen molar-refractivity contribution in [3.8, 4) is 11.3 Å². The third-order valence-corrected chi connectivity index (χ3v) is 7.23. The molecule has 0 saturated carbocycles. The quantitative estimate of drug-likeness (QED) is 0.320. The number of halogens is 3. The minimum Gasteiger partial charge on any atom is -0.338 e. The van der Waals surface area contributed by atoms with E-state index in [1.165, 1.54) is 12.1 Å². The Morgan fingerprint density at radius 1 is 0.833 bits per heavy atom. The first-order valence-corrected chi connectivity index (χ1v) is 12.6. The van der Waals surface area contributed by atoms with Crippen LogP contribution >= 0.6 is 0 Å². The number of nitrogens with one attached hydrogen (secondary N) is 2. The van der Waals surface area contributed by atoms with E-state index >= 15 is 0 Å². The molecule has 4 aromatic rings. The van der Waals surface area contributed by atoms with E-state index in [0.717, 1.165) is 12.1 Å². The van der Waals surface area contributed by atoms with Crippen LogP contribution in [0.5, 0.6) is 0 Å². The van der Waals surface area contributed by atoms with Crippen molar-refractivity contribution in [3.05, 3.63) is 77.9 Å². The molecule has 0 radical (unpaired) electrons. The predicted molar refractivity (Wildman–Crippen MR) is 135 cm³/mol. The summed E-state index contributed by atoms with van der Waals surface area (Å²) in [6.07, 6.45) is -4.47. The first-order valence-electron chi connectivity index (χ1n) is 11.1. The first kappa shape index (κ1) is 25.6. The van der Waals surface area contributed by atoms with Crippen LogP contribution in [0.1, 0.15) is 31.9 Å². The Morgan fingerprint density at radius 3 is 2.19 bits per heavy atom. The van der Waals surface area contributed by atoms with E-state index < -0.39 is 27.3 Å². The first-order chi connectivity index (χ1) is 16.7. The van der Waals surface area contributed by atoms with Crippen molar-refractivity contribution >= 4 is 32.3 Å². The second-order valence-electron chi connectivity index (χ2n) is 9.48. The lowest BCUT2D eigenvalue weighted by Gasteiger charge is -2.21. The summed E-state index contributed by atoms with van der Waals surface area (Å²) in [6.45, 7) is 7.00. The summed E-state index contributed by atoms with van der Waals surface area (Å²) in [5.74, 6) is 0.281. The van der Waals surface area contributed by atoms with E-state index in [2.05, 4.69) is 20.2 Å². The summed E-state index contributed by atoms with van der Waals surface area (Å²) in [7, 11) is -3.80. The zero-order valence-corrected chi connectivity index (χ0v) is 20.9. The van der Waals surface area contributed by atoms with E-state index in [9.17, 15) is 21.6 Å². The molecular weight excluding hydrogens is 489 g/mol. The van der Waals surface area contributed by atoms with Crippen LogP contribution in [0.3, 0.4) is 0 Å². The highest BCUT2D eigenvalue weighted by Gasteiger charge is 2.30. The second-order valence-corrected chi connectivity index (χ2v) is 11.1. The van der Waals surface area contributed by atoms with Crippen molar-refractivity contribution < 1.29 is 21.6 Å². The van der Waals surface area contributed by atoms with Gasteiger partial charge in [0, 0.05) is 27.6 Å². The lowest BCUT2D eigenvalue weighted by molar-refractivity contribution is -0.137. The van der Waals surface area contributed by atoms with Crippen molar-refractivity contribution in [2.45, 2.75) is 44.3 Å². The fourth-order valence-corrected chi connectivity index (χ4v) is 5.50. The fraction of sp³-hybridized carbons (Fsp3) is 0.231. The number of nitrogens with zero attached hydrogens (tertiary/aromatic N) is 2. The molecule has 0 unspecified atom stereocenters. The zero-order valence-electron chi connectivity index (χ0n) is 20.1. The van der Waals surface area contributed by atoms with Crippen molar-refractivity contribution in [3.63, 3.8) is 0 Å². The molecule has 1 aromatic heterocycles. The maximum Gasteiger partial charge on any atom is 0.416 e. The van der Waals surface area contributed by atoms with E-state index in [1.807, 2.05) is 0 Å².